The van der Waals surface area contributed by atoms with Crippen LogP contribution in [0.5, 0.6) is 5.75 Å². The third kappa shape index (κ3) is 3.66. The highest BCUT2D eigenvalue weighted by atomic mass is 35.5. The van der Waals surface area contributed by atoms with Crippen molar-refractivity contribution in [1.82, 2.24) is 10.2 Å². The molecular formula is C21H15ClFN3O4S. The topological polar surface area (TPSA) is 92.6 Å². The maximum atomic E-state index is 14.0. The van der Waals surface area contributed by atoms with E-state index in [-0.39, 0.29) is 27.6 Å². The summed E-state index contributed by atoms with van der Waals surface area (Å²) in [5, 5.41) is 20.0. The number of ketones is 1. The predicted molar refractivity (Wildman–Crippen MR) is 114 cm³/mol. The Labute approximate surface area is 185 Å². The minimum Gasteiger partial charge on any atom is -0.507 e. The van der Waals surface area contributed by atoms with E-state index in [2.05, 4.69) is 10.2 Å². The van der Waals surface area contributed by atoms with E-state index in [1.54, 1.807) is 19.1 Å². The maximum absolute atomic E-state index is 14.0. The van der Waals surface area contributed by atoms with Gasteiger partial charge in [-0.2, -0.15) is 0 Å². The summed E-state index contributed by atoms with van der Waals surface area (Å²) in [4.78, 5) is 27.1. The van der Waals surface area contributed by atoms with Gasteiger partial charge in [0.05, 0.1) is 24.3 Å². The second-order valence-corrected chi connectivity index (χ2v) is 8.27. The lowest BCUT2D eigenvalue weighted by atomic mass is 9.95. The number of aliphatic hydroxyl groups is 1. The van der Waals surface area contributed by atoms with Gasteiger partial charge >= 0.3 is 5.91 Å². The van der Waals surface area contributed by atoms with Gasteiger partial charge < -0.3 is 9.84 Å². The summed E-state index contributed by atoms with van der Waals surface area (Å²) in [5.74, 6) is -2.65. The number of rotatable bonds is 4. The Kier molecular flexibility index (Phi) is 5.47. The molecule has 1 amide bonds. The average molecular weight is 460 g/mol. The molecule has 1 N–H and O–H groups in total. The highest BCUT2D eigenvalue weighted by Gasteiger charge is 2.48. The first-order chi connectivity index (χ1) is 14.8. The number of hydrogen-bond acceptors (Lipinski definition) is 7. The summed E-state index contributed by atoms with van der Waals surface area (Å²) >= 11 is 7.17. The van der Waals surface area contributed by atoms with Crippen LogP contribution in [0.15, 0.2) is 48.0 Å². The van der Waals surface area contributed by atoms with Crippen molar-refractivity contribution < 1.29 is 23.8 Å². The number of amides is 1. The van der Waals surface area contributed by atoms with Crippen LogP contribution in [0, 0.1) is 12.7 Å². The summed E-state index contributed by atoms with van der Waals surface area (Å²) in [6.07, 6.45) is 0. The van der Waals surface area contributed by atoms with E-state index in [0.717, 1.165) is 16.2 Å². The number of aryl methyl sites for hydroxylation is 1. The monoisotopic (exact) mass is 459 g/mol. The van der Waals surface area contributed by atoms with E-state index in [1.165, 1.54) is 37.4 Å². The lowest BCUT2D eigenvalue weighted by Crippen LogP contribution is -2.29. The molecule has 1 aliphatic rings. The van der Waals surface area contributed by atoms with Crippen molar-refractivity contribution in [2.24, 2.45) is 0 Å². The molecule has 2 aromatic carbocycles. The number of halogens is 2. The Bertz CT molecular complexity index is 1240. The lowest BCUT2D eigenvalue weighted by Gasteiger charge is -2.22. The van der Waals surface area contributed by atoms with E-state index in [4.69, 9.17) is 16.3 Å². The molecule has 0 spiro atoms. The maximum Gasteiger partial charge on any atom is 0.301 e. The molecule has 1 saturated heterocycles. The van der Waals surface area contributed by atoms with Gasteiger partial charge in [0.15, 0.2) is 0 Å². The zero-order valence-corrected chi connectivity index (χ0v) is 17.9. The van der Waals surface area contributed by atoms with Gasteiger partial charge in [0.2, 0.25) is 5.13 Å². The van der Waals surface area contributed by atoms with Crippen LogP contribution in [0.3, 0.4) is 0 Å². The SMILES string of the molecule is COc1ccc(Cl)cc1C(O)=C1C(=O)C(=O)N(c2nnc(C)s2)[C@H]1c1cccc(F)c1. The van der Waals surface area contributed by atoms with Crippen LogP contribution in [-0.2, 0) is 9.59 Å². The number of methoxy groups -OCH3 is 1. The molecule has 0 saturated carbocycles. The third-order valence-corrected chi connectivity index (χ3v) is 5.82. The summed E-state index contributed by atoms with van der Waals surface area (Å²) in [7, 11) is 1.40. The quantitative estimate of drug-likeness (QED) is 0.356. The fourth-order valence-electron chi connectivity index (χ4n) is 3.42. The highest BCUT2D eigenvalue weighted by molar-refractivity contribution is 7.15. The normalized spacial score (nSPS) is 17.9. The first kappa shape index (κ1) is 21.0. The van der Waals surface area contributed by atoms with Gasteiger partial charge in [0.25, 0.3) is 5.78 Å². The van der Waals surface area contributed by atoms with Crippen LogP contribution in [0.4, 0.5) is 9.52 Å². The summed E-state index contributed by atoms with van der Waals surface area (Å²) in [5.41, 5.74) is 0.182. The number of benzene rings is 2. The van der Waals surface area contributed by atoms with Crippen molar-refractivity contribution in [3.8, 4) is 5.75 Å². The minimum absolute atomic E-state index is 0.128. The fourth-order valence-corrected chi connectivity index (χ4v) is 4.30. The number of aromatic nitrogens is 2. The smallest absolute Gasteiger partial charge is 0.301 e. The number of aliphatic hydroxyl groups excluding tert-OH is 1. The first-order valence-corrected chi connectivity index (χ1v) is 10.2. The molecule has 1 atom stereocenters. The van der Waals surface area contributed by atoms with Crippen molar-refractivity contribution in [2.75, 3.05) is 12.0 Å². The number of carbonyl (C=O) groups excluding carboxylic acids is 2. The standard InChI is InChI=1S/C21H15ClFN3O4S/c1-10-24-25-21(31-10)26-17(11-4-3-5-13(23)8-11)16(19(28)20(26)29)18(27)14-9-12(22)6-7-15(14)30-2/h3-9,17,27H,1-2H3/t17-/m0/s1. The van der Waals surface area contributed by atoms with Gasteiger partial charge in [-0.3, -0.25) is 14.5 Å². The number of nitrogens with zero attached hydrogens (tertiary/aromatic N) is 3. The van der Waals surface area contributed by atoms with Crippen molar-refractivity contribution in [2.45, 2.75) is 13.0 Å². The van der Waals surface area contributed by atoms with Gasteiger partial charge in [-0.1, -0.05) is 35.1 Å². The van der Waals surface area contributed by atoms with Gasteiger partial charge in [0, 0.05) is 5.02 Å². The number of hydrogen-bond donors (Lipinski definition) is 1. The van der Waals surface area contributed by atoms with Crippen LogP contribution in [-0.4, -0.2) is 34.1 Å². The van der Waals surface area contributed by atoms with Gasteiger partial charge in [-0.25, -0.2) is 4.39 Å². The zero-order chi connectivity index (χ0) is 22.3. The van der Waals surface area contributed by atoms with Crippen LogP contribution in [0.25, 0.3) is 5.76 Å². The molecule has 2 heterocycles. The summed E-state index contributed by atoms with van der Waals surface area (Å²) in [6, 6.07) is 8.83. The Morgan fingerprint density at radius 3 is 2.65 bits per heavy atom. The Hall–Kier alpha value is -3.30. The second kappa shape index (κ2) is 8.09. The molecule has 10 heteroatoms. The summed E-state index contributed by atoms with van der Waals surface area (Å²) in [6.45, 7) is 1.70. The van der Waals surface area contributed by atoms with Crippen LogP contribution < -0.4 is 9.64 Å². The molecule has 3 aromatic rings. The molecule has 0 bridgehead atoms. The molecule has 1 aromatic heterocycles. The second-order valence-electron chi connectivity index (χ2n) is 6.67. The molecule has 0 unspecified atom stereocenters. The predicted octanol–water partition coefficient (Wildman–Crippen LogP) is 4.27. The van der Waals surface area contributed by atoms with Gasteiger partial charge in [-0.05, 0) is 42.8 Å². The molecule has 4 rings (SSSR count). The zero-order valence-electron chi connectivity index (χ0n) is 16.3. The average Bonchev–Trinajstić information content (AvgIpc) is 3.28. The largest absolute Gasteiger partial charge is 0.507 e. The molecular weight excluding hydrogens is 445 g/mol. The van der Waals surface area contributed by atoms with Crippen molar-refractivity contribution >= 4 is 45.5 Å². The molecule has 31 heavy (non-hydrogen) atoms. The van der Waals surface area contributed by atoms with E-state index in [0.29, 0.717) is 10.0 Å². The van der Waals surface area contributed by atoms with Crippen LogP contribution >= 0.6 is 22.9 Å². The minimum atomic E-state index is -1.12. The molecule has 7 nitrogen and oxygen atoms in total. The molecule has 0 aliphatic carbocycles. The molecule has 1 aliphatic heterocycles. The van der Waals surface area contributed by atoms with Crippen molar-refractivity contribution in [3.05, 3.63) is 75.0 Å². The van der Waals surface area contributed by atoms with Crippen molar-refractivity contribution in [3.63, 3.8) is 0 Å². The molecule has 158 valence electrons. The van der Waals surface area contributed by atoms with Gasteiger partial charge in [-0.15, -0.1) is 10.2 Å². The van der Waals surface area contributed by atoms with E-state index in [1.807, 2.05) is 0 Å². The Morgan fingerprint density at radius 2 is 2.00 bits per heavy atom. The van der Waals surface area contributed by atoms with Gasteiger partial charge in [0.1, 0.15) is 22.3 Å². The lowest BCUT2D eigenvalue weighted by molar-refractivity contribution is -0.132. The van der Waals surface area contributed by atoms with E-state index >= 15 is 0 Å². The van der Waals surface area contributed by atoms with Crippen LogP contribution in [0.1, 0.15) is 22.2 Å². The highest BCUT2D eigenvalue weighted by Crippen LogP contribution is 2.44. The fraction of sp³-hybridized carbons (Fsp3) is 0.143. The number of Topliss-reactive ketones (excluding diaryl/α,β-unsaturated/α-hetero) is 1. The Balaban J connectivity index is 1.99. The number of ether oxygens (including phenoxy) is 1. The first-order valence-electron chi connectivity index (χ1n) is 9.02. The van der Waals surface area contributed by atoms with E-state index < -0.39 is 29.3 Å². The molecule has 0 radical (unpaired) electrons. The van der Waals surface area contributed by atoms with Crippen LogP contribution in [0.2, 0.25) is 5.02 Å². The number of carbonyl (C=O) groups is 2. The van der Waals surface area contributed by atoms with E-state index in [9.17, 15) is 19.1 Å². The third-order valence-electron chi connectivity index (χ3n) is 4.75. The molecule has 1 fully saturated rings. The van der Waals surface area contributed by atoms with Crippen molar-refractivity contribution in [1.29, 1.82) is 0 Å². The number of anilines is 1. The Morgan fingerprint density at radius 1 is 1.23 bits per heavy atom. The summed E-state index contributed by atoms with van der Waals surface area (Å²) < 4.78 is 19.3.